The van der Waals surface area contributed by atoms with E-state index in [4.69, 9.17) is 4.98 Å². The molecule has 0 unspecified atom stereocenters. The quantitative estimate of drug-likeness (QED) is 0.284. The fraction of sp³-hybridized carbons (Fsp3) is 0.265. The number of fused-ring (bicyclic) bond motifs is 2. The predicted molar refractivity (Wildman–Crippen MR) is 152 cm³/mol. The average Bonchev–Trinajstić information content (AvgIpc) is 3.53. The molecule has 0 N–H and O–H groups in total. The number of aromatic nitrogens is 2. The van der Waals surface area contributed by atoms with E-state index in [9.17, 15) is 0 Å². The number of imidazole rings is 1. The summed E-state index contributed by atoms with van der Waals surface area (Å²) in [6.45, 7) is 9.19. The topological polar surface area (TPSA) is 17.8 Å². The second-order valence-electron chi connectivity index (χ2n) is 10.8. The highest BCUT2D eigenvalue weighted by molar-refractivity contribution is 5.86. The van der Waals surface area contributed by atoms with Crippen LogP contribution in [0.2, 0.25) is 0 Å². The molecule has 2 heteroatoms. The second kappa shape index (κ2) is 9.09. The van der Waals surface area contributed by atoms with Gasteiger partial charge < -0.3 is 0 Å². The Morgan fingerprint density at radius 3 is 2.28 bits per heavy atom. The number of nitrogens with zero attached hydrogens (tertiary/aromatic N) is 2. The first-order valence-corrected chi connectivity index (χ1v) is 13.3. The third kappa shape index (κ3) is 3.86. The van der Waals surface area contributed by atoms with Gasteiger partial charge in [0.2, 0.25) is 0 Å². The summed E-state index contributed by atoms with van der Waals surface area (Å²) in [4.78, 5) is 4.90. The SMILES string of the molecule is CC(C)c1cc(-c2ccccc2)cc(C(C)C)c1-n1ccnc1-c1ccc2c(c1)C1=C(CCC=C1)C2. The summed E-state index contributed by atoms with van der Waals surface area (Å²) in [5, 5.41) is 0. The maximum absolute atomic E-state index is 4.90. The maximum Gasteiger partial charge on any atom is 0.144 e. The van der Waals surface area contributed by atoms with Crippen LogP contribution in [0.15, 0.2) is 90.8 Å². The van der Waals surface area contributed by atoms with Gasteiger partial charge in [0.1, 0.15) is 5.82 Å². The van der Waals surface area contributed by atoms with Crippen LogP contribution in [0.1, 0.15) is 74.6 Å². The van der Waals surface area contributed by atoms with Crippen LogP contribution in [-0.4, -0.2) is 9.55 Å². The van der Waals surface area contributed by atoms with Crippen LogP contribution in [0.5, 0.6) is 0 Å². The van der Waals surface area contributed by atoms with E-state index in [0.29, 0.717) is 11.8 Å². The molecule has 2 nitrogen and oxygen atoms in total. The molecule has 0 aliphatic heterocycles. The lowest BCUT2D eigenvalue weighted by molar-refractivity contribution is 0.807. The first kappa shape index (κ1) is 22.8. The molecule has 0 amide bonds. The molecule has 0 saturated carbocycles. The van der Waals surface area contributed by atoms with E-state index in [-0.39, 0.29) is 0 Å². The van der Waals surface area contributed by atoms with Crippen molar-refractivity contribution in [2.75, 3.05) is 0 Å². The van der Waals surface area contributed by atoms with Crippen molar-refractivity contribution in [3.8, 4) is 28.2 Å². The molecule has 1 aromatic heterocycles. The molecule has 0 fully saturated rings. The highest BCUT2D eigenvalue weighted by atomic mass is 15.1. The molecule has 180 valence electrons. The maximum atomic E-state index is 4.90. The first-order chi connectivity index (χ1) is 17.5. The lowest BCUT2D eigenvalue weighted by atomic mass is 9.88. The molecule has 2 aliphatic carbocycles. The largest absolute Gasteiger partial charge is 0.299 e. The van der Waals surface area contributed by atoms with Gasteiger partial charge in [-0.1, -0.05) is 87.9 Å². The minimum absolute atomic E-state index is 0.386. The van der Waals surface area contributed by atoms with E-state index in [1.54, 1.807) is 5.57 Å². The molecule has 0 radical (unpaired) electrons. The number of rotatable bonds is 5. The van der Waals surface area contributed by atoms with Crippen molar-refractivity contribution in [3.05, 3.63) is 113 Å². The Labute approximate surface area is 215 Å². The third-order valence-corrected chi connectivity index (χ3v) is 7.74. The molecule has 0 saturated heterocycles. The molecule has 36 heavy (non-hydrogen) atoms. The van der Waals surface area contributed by atoms with Crippen LogP contribution >= 0.6 is 0 Å². The zero-order valence-corrected chi connectivity index (χ0v) is 21.8. The molecule has 2 aliphatic rings. The minimum Gasteiger partial charge on any atom is -0.299 e. The van der Waals surface area contributed by atoms with Crippen molar-refractivity contribution >= 4 is 5.57 Å². The van der Waals surface area contributed by atoms with Crippen LogP contribution in [0.3, 0.4) is 0 Å². The summed E-state index contributed by atoms with van der Waals surface area (Å²) < 4.78 is 2.34. The smallest absolute Gasteiger partial charge is 0.144 e. The first-order valence-electron chi connectivity index (χ1n) is 13.3. The van der Waals surface area contributed by atoms with Gasteiger partial charge in [-0.2, -0.15) is 0 Å². The molecule has 6 rings (SSSR count). The van der Waals surface area contributed by atoms with Gasteiger partial charge >= 0.3 is 0 Å². The zero-order chi connectivity index (χ0) is 24.8. The summed E-state index contributed by atoms with van der Waals surface area (Å²) >= 11 is 0. The molecule has 4 aromatic rings. The van der Waals surface area contributed by atoms with Crippen molar-refractivity contribution in [2.24, 2.45) is 0 Å². The van der Waals surface area contributed by atoms with E-state index in [0.717, 1.165) is 12.2 Å². The Morgan fingerprint density at radius 2 is 1.56 bits per heavy atom. The van der Waals surface area contributed by atoms with E-state index in [2.05, 4.69) is 111 Å². The average molecular weight is 471 g/mol. The number of hydrogen-bond acceptors (Lipinski definition) is 1. The fourth-order valence-corrected chi connectivity index (χ4v) is 5.86. The van der Waals surface area contributed by atoms with Gasteiger partial charge in [0.05, 0.1) is 5.69 Å². The van der Waals surface area contributed by atoms with Crippen LogP contribution in [0.25, 0.3) is 33.8 Å². The molecular weight excluding hydrogens is 436 g/mol. The zero-order valence-electron chi connectivity index (χ0n) is 21.8. The Morgan fingerprint density at radius 1 is 0.806 bits per heavy atom. The molecular formula is C34H34N2. The highest BCUT2D eigenvalue weighted by Gasteiger charge is 2.24. The van der Waals surface area contributed by atoms with Crippen LogP contribution in [0, 0.1) is 0 Å². The summed E-state index contributed by atoms with van der Waals surface area (Å²) in [7, 11) is 0. The monoisotopic (exact) mass is 470 g/mol. The third-order valence-electron chi connectivity index (χ3n) is 7.74. The fourth-order valence-electron chi connectivity index (χ4n) is 5.86. The van der Waals surface area contributed by atoms with Crippen molar-refractivity contribution in [1.82, 2.24) is 9.55 Å². The lowest BCUT2D eigenvalue weighted by Crippen LogP contribution is -2.09. The Kier molecular flexibility index (Phi) is 5.76. The van der Waals surface area contributed by atoms with E-state index >= 15 is 0 Å². The number of benzene rings is 3. The molecule has 0 spiro atoms. The summed E-state index contributed by atoms with van der Waals surface area (Å²) in [6, 6.07) is 22.5. The van der Waals surface area contributed by atoms with Gasteiger partial charge in [-0.3, -0.25) is 4.57 Å². The van der Waals surface area contributed by atoms with Crippen molar-refractivity contribution < 1.29 is 0 Å². The highest BCUT2D eigenvalue weighted by Crippen LogP contribution is 2.41. The standard InChI is InChI=1S/C34H34N2/c1-22(2)30-20-28(24-10-6-5-7-11-24)21-31(23(3)4)33(30)36-17-16-35-34(36)27-15-14-26-18-25-12-8-9-13-29(25)32(26)19-27/h5-7,9-11,13-17,19-23H,8,12,18H2,1-4H3. The molecule has 1 heterocycles. The van der Waals surface area contributed by atoms with Gasteiger partial charge in [0.15, 0.2) is 0 Å². The van der Waals surface area contributed by atoms with E-state index in [1.807, 2.05) is 6.20 Å². The van der Waals surface area contributed by atoms with Crippen molar-refractivity contribution in [3.63, 3.8) is 0 Å². The van der Waals surface area contributed by atoms with E-state index < -0.39 is 0 Å². The van der Waals surface area contributed by atoms with Crippen LogP contribution < -0.4 is 0 Å². The predicted octanol–water partition coefficient (Wildman–Crippen LogP) is 9.11. The van der Waals surface area contributed by atoms with Gasteiger partial charge in [0, 0.05) is 18.0 Å². The van der Waals surface area contributed by atoms with Gasteiger partial charge in [-0.25, -0.2) is 4.98 Å². The van der Waals surface area contributed by atoms with E-state index in [1.165, 1.54) is 63.0 Å². The molecule has 0 bridgehead atoms. The normalized spacial score (nSPS) is 14.6. The lowest BCUT2D eigenvalue weighted by Gasteiger charge is -2.24. The second-order valence-corrected chi connectivity index (χ2v) is 10.8. The van der Waals surface area contributed by atoms with Crippen LogP contribution in [-0.2, 0) is 6.42 Å². The minimum atomic E-state index is 0.386. The Bertz CT molecular complexity index is 1470. The van der Waals surface area contributed by atoms with Crippen LogP contribution in [0.4, 0.5) is 0 Å². The Balaban J connectivity index is 1.52. The van der Waals surface area contributed by atoms with Gasteiger partial charge in [0.25, 0.3) is 0 Å². The molecule has 3 aromatic carbocycles. The number of allylic oxidation sites excluding steroid dienone is 4. The summed E-state index contributed by atoms with van der Waals surface area (Å²) in [5.41, 5.74) is 13.6. The summed E-state index contributed by atoms with van der Waals surface area (Å²) in [6.07, 6.45) is 12.2. The number of hydrogen-bond donors (Lipinski definition) is 0. The van der Waals surface area contributed by atoms with Gasteiger partial charge in [-0.15, -0.1) is 0 Å². The Hall–Kier alpha value is -3.65. The van der Waals surface area contributed by atoms with Gasteiger partial charge in [-0.05, 0) is 88.3 Å². The van der Waals surface area contributed by atoms with Crippen molar-refractivity contribution in [1.29, 1.82) is 0 Å². The van der Waals surface area contributed by atoms with Crippen molar-refractivity contribution in [2.45, 2.75) is 58.8 Å². The molecule has 0 atom stereocenters. The summed E-state index contributed by atoms with van der Waals surface area (Å²) in [5.74, 6) is 1.79.